The van der Waals surface area contributed by atoms with Crippen LogP contribution in [-0.4, -0.2) is 41.5 Å². The largest absolute Gasteiger partial charge is 0.497 e. The monoisotopic (exact) mass is 376 g/mol. The summed E-state index contributed by atoms with van der Waals surface area (Å²) in [6.07, 6.45) is 0. The highest BCUT2D eigenvalue weighted by atomic mass is 32.1. The number of rotatable bonds is 8. The maximum Gasteiger partial charge on any atom is 0.234 e. The van der Waals surface area contributed by atoms with Crippen molar-refractivity contribution in [1.29, 1.82) is 0 Å². The van der Waals surface area contributed by atoms with Gasteiger partial charge in [0.1, 0.15) is 5.75 Å². The molecule has 1 aromatic heterocycles. The van der Waals surface area contributed by atoms with Crippen LogP contribution in [0.1, 0.15) is 33.4 Å². The molecule has 0 aliphatic heterocycles. The van der Waals surface area contributed by atoms with Gasteiger partial charge >= 0.3 is 0 Å². The molecule has 0 aliphatic rings. The van der Waals surface area contributed by atoms with Crippen molar-refractivity contribution in [2.24, 2.45) is 0 Å². The fraction of sp³-hybridized carbons (Fsp3) is 0.474. The van der Waals surface area contributed by atoms with E-state index in [1.165, 1.54) is 0 Å². The maximum atomic E-state index is 12.1. The molecular formula is C19H28N4O2S. The maximum absolute atomic E-state index is 12.1. The lowest BCUT2D eigenvalue weighted by Gasteiger charge is -2.24. The van der Waals surface area contributed by atoms with Gasteiger partial charge in [0.15, 0.2) is 5.13 Å². The summed E-state index contributed by atoms with van der Waals surface area (Å²) in [6, 6.07) is 7.72. The summed E-state index contributed by atoms with van der Waals surface area (Å²) in [7, 11) is 1.65. The molecule has 0 bridgehead atoms. The first kappa shape index (κ1) is 20.2. The Labute approximate surface area is 159 Å². The van der Waals surface area contributed by atoms with E-state index in [2.05, 4.69) is 20.5 Å². The van der Waals surface area contributed by atoms with Gasteiger partial charge in [0.25, 0.3) is 0 Å². The minimum absolute atomic E-state index is 0.0335. The van der Waals surface area contributed by atoms with Crippen molar-refractivity contribution in [2.45, 2.75) is 39.8 Å². The van der Waals surface area contributed by atoms with E-state index in [0.717, 1.165) is 28.8 Å². The van der Waals surface area contributed by atoms with Crippen molar-refractivity contribution < 1.29 is 9.53 Å². The molecule has 6 nitrogen and oxygen atoms in total. The van der Waals surface area contributed by atoms with Gasteiger partial charge in [-0.3, -0.25) is 9.69 Å². The second-order valence-electron chi connectivity index (χ2n) is 7.10. The molecule has 2 N–H and O–H groups in total. The van der Waals surface area contributed by atoms with E-state index in [1.807, 2.05) is 57.3 Å². The van der Waals surface area contributed by atoms with E-state index in [-0.39, 0.29) is 11.4 Å². The number of carbonyl (C=O) groups excluding carboxylic acids is 1. The smallest absolute Gasteiger partial charge is 0.234 e. The Hall–Kier alpha value is -2.12. The Kier molecular flexibility index (Phi) is 6.99. The molecule has 1 aromatic carbocycles. The molecule has 0 fully saturated rings. The van der Waals surface area contributed by atoms with Crippen LogP contribution in [0.3, 0.4) is 0 Å². The minimum Gasteiger partial charge on any atom is -0.497 e. The van der Waals surface area contributed by atoms with Crippen molar-refractivity contribution in [2.75, 3.05) is 25.5 Å². The molecular weight excluding hydrogens is 348 g/mol. The van der Waals surface area contributed by atoms with Gasteiger partial charge in [-0.2, -0.15) is 0 Å². The van der Waals surface area contributed by atoms with Crippen molar-refractivity contribution in [1.82, 2.24) is 15.2 Å². The molecule has 26 heavy (non-hydrogen) atoms. The number of benzene rings is 1. The van der Waals surface area contributed by atoms with Gasteiger partial charge in [0.05, 0.1) is 19.3 Å². The summed E-state index contributed by atoms with van der Waals surface area (Å²) in [6.45, 7) is 9.81. The molecule has 0 radical (unpaired) electrons. The lowest BCUT2D eigenvalue weighted by molar-refractivity contribution is -0.123. The van der Waals surface area contributed by atoms with Crippen LogP contribution in [0.4, 0.5) is 10.8 Å². The first-order valence-electron chi connectivity index (χ1n) is 8.68. The van der Waals surface area contributed by atoms with Crippen LogP contribution < -0.4 is 15.4 Å². The van der Waals surface area contributed by atoms with Gasteiger partial charge in [-0.25, -0.2) is 4.98 Å². The molecule has 0 aliphatic carbocycles. The highest BCUT2D eigenvalue weighted by Crippen LogP contribution is 2.23. The Balaban J connectivity index is 1.91. The Morgan fingerprint density at radius 1 is 1.27 bits per heavy atom. The average Bonchev–Trinajstić information content (AvgIpc) is 3.00. The molecule has 0 saturated carbocycles. The van der Waals surface area contributed by atoms with Crippen LogP contribution in [-0.2, 0) is 11.3 Å². The molecule has 2 rings (SSSR count). The third-order valence-electron chi connectivity index (χ3n) is 3.61. The fourth-order valence-electron chi connectivity index (χ4n) is 2.40. The molecule has 0 spiro atoms. The second-order valence-corrected chi connectivity index (χ2v) is 7.96. The molecule has 1 heterocycles. The Bertz CT molecular complexity index is 707. The zero-order valence-electron chi connectivity index (χ0n) is 16.1. The van der Waals surface area contributed by atoms with Gasteiger partial charge in [-0.1, -0.05) is 6.92 Å². The summed E-state index contributed by atoms with van der Waals surface area (Å²) in [5, 5.41) is 9.15. The lowest BCUT2D eigenvalue weighted by atomic mass is 10.1. The van der Waals surface area contributed by atoms with Crippen molar-refractivity contribution in [3.8, 4) is 5.75 Å². The summed E-state index contributed by atoms with van der Waals surface area (Å²) >= 11 is 1.56. The van der Waals surface area contributed by atoms with E-state index in [0.29, 0.717) is 13.1 Å². The van der Waals surface area contributed by atoms with Crippen molar-refractivity contribution in [3.63, 3.8) is 0 Å². The van der Waals surface area contributed by atoms with Crippen LogP contribution in [0, 0.1) is 0 Å². The quantitative estimate of drug-likeness (QED) is 0.736. The van der Waals surface area contributed by atoms with Gasteiger partial charge < -0.3 is 15.4 Å². The number of methoxy groups -OCH3 is 1. The number of amides is 1. The predicted molar refractivity (Wildman–Crippen MR) is 107 cm³/mol. The second kappa shape index (κ2) is 9.00. The summed E-state index contributed by atoms with van der Waals surface area (Å²) in [4.78, 5) is 18.8. The molecule has 1 amide bonds. The van der Waals surface area contributed by atoms with Crippen molar-refractivity contribution >= 4 is 28.1 Å². The highest BCUT2D eigenvalue weighted by molar-refractivity contribution is 7.13. The van der Waals surface area contributed by atoms with Crippen LogP contribution in [0.5, 0.6) is 5.75 Å². The SMILES string of the molecule is CCN(CC(=O)NC(C)(C)C)Cc1csc(Nc2ccc(OC)cc2)n1. The minimum atomic E-state index is -0.216. The number of nitrogens with zero attached hydrogens (tertiary/aromatic N) is 2. The molecule has 142 valence electrons. The number of thiazole rings is 1. The van der Waals surface area contributed by atoms with E-state index in [1.54, 1.807) is 18.4 Å². The zero-order valence-corrected chi connectivity index (χ0v) is 16.9. The van der Waals surface area contributed by atoms with Gasteiger partial charge in [-0.15, -0.1) is 11.3 Å². The van der Waals surface area contributed by atoms with Gasteiger partial charge in [0.2, 0.25) is 5.91 Å². The molecule has 0 unspecified atom stereocenters. The lowest BCUT2D eigenvalue weighted by Crippen LogP contribution is -2.45. The molecule has 0 saturated heterocycles. The number of ether oxygens (including phenoxy) is 1. The van der Waals surface area contributed by atoms with Crippen molar-refractivity contribution in [3.05, 3.63) is 35.3 Å². The van der Waals surface area contributed by atoms with Crippen LogP contribution in [0.2, 0.25) is 0 Å². The number of likely N-dealkylation sites (N-methyl/N-ethyl adjacent to an activating group) is 1. The molecule has 2 aromatic rings. The average molecular weight is 377 g/mol. The summed E-state index contributed by atoms with van der Waals surface area (Å²) < 4.78 is 5.16. The third-order valence-corrected chi connectivity index (χ3v) is 4.41. The van der Waals surface area contributed by atoms with Gasteiger partial charge in [-0.05, 0) is 51.6 Å². The van der Waals surface area contributed by atoms with Crippen LogP contribution in [0.25, 0.3) is 0 Å². The number of aromatic nitrogens is 1. The first-order chi connectivity index (χ1) is 12.3. The fourth-order valence-corrected chi connectivity index (χ4v) is 3.13. The first-order valence-corrected chi connectivity index (χ1v) is 9.56. The summed E-state index contributed by atoms with van der Waals surface area (Å²) in [5.74, 6) is 0.855. The number of hydrogen-bond acceptors (Lipinski definition) is 6. The topological polar surface area (TPSA) is 66.5 Å². The van der Waals surface area contributed by atoms with Crippen LogP contribution in [0.15, 0.2) is 29.6 Å². The van der Waals surface area contributed by atoms with Crippen LogP contribution >= 0.6 is 11.3 Å². The highest BCUT2D eigenvalue weighted by Gasteiger charge is 2.17. The van der Waals surface area contributed by atoms with E-state index in [9.17, 15) is 4.79 Å². The normalized spacial score (nSPS) is 11.5. The molecule has 7 heteroatoms. The number of carbonyl (C=O) groups is 1. The number of anilines is 2. The molecule has 0 atom stereocenters. The number of hydrogen-bond donors (Lipinski definition) is 2. The zero-order chi connectivity index (χ0) is 19.2. The number of nitrogens with one attached hydrogen (secondary N) is 2. The van der Waals surface area contributed by atoms with E-state index < -0.39 is 0 Å². The van der Waals surface area contributed by atoms with Gasteiger partial charge in [0, 0.05) is 23.2 Å². The summed E-state index contributed by atoms with van der Waals surface area (Å²) in [5.41, 5.74) is 1.70. The predicted octanol–water partition coefficient (Wildman–Crippen LogP) is 3.63. The Morgan fingerprint density at radius 3 is 2.54 bits per heavy atom. The third kappa shape index (κ3) is 6.65. The Morgan fingerprint density at radius 2 is 1.96 bits per heavy atom. The van der Waals surface area contributed by atoms with E-state index >= 15 is 0 Å². The standard InChI is InChI=1S/C19H28N4O2S/c1-6-23(12-17(24)22-19(2,3)4)11-15-13-26-18(21-15)20-14-7-9-16(25-5)10-8-14/h7-10,13H,6,11-12H2,1-5H3,(H,20,21)(H,22,24). The van der Waals surface area contributed by atoms with E-state index in [4.69, 9.17) is 4.74 Å².